The second-order valence-electron chi connectivity index (χ2n) is 10.1. The third kappa shape index (κ3) is 6.69. The molecule has 3 fully saturated rings. The van der Waals surface area contributed by atoms with Crippen LogP contribution in [0.2, 0.25) is 0 Å². The van der Waals surface area contributed by atoms with Gasteiger partial charge in [-0.3, -0.25) is 19.2 Å². The van der Waals surface area contributed by atoms with E-state index in [1.807, 2.05) is 0 Å². The molecule has 1 saturated carbocycles. The second-order valence-corrected chi connectivity index (χ2v) is 10.1. The maximum atomic E-state index is 12.7. The van der Waals surface area contributed by atoms with Crippen molar-refractivity contribution in [1.82, 2.24) is 20.4 Å². The summed E-state index contributed by atoms with van der Waals surface area (Å²) in [5, 5.41) is 5.65. The Hall–Kier alpha value is -2.12. The summed E-state index contributed by atoms with van der Waals surface area (Å²) in [5.74, 6) is -0.840. The number of hydrogen-bond donors (Lipinski definition) is 2. The van der Waals surface area contributed by atoms with Gasteiger partial charge in [-0.2, -0.15) is 0 Å². The van der Waals surface area contributed by atoms with Crippen molar-refractivity contribution in [2.24, 2.45) is 17.8 Å². The van der Waals surface area contributed by atoms with Crippen molar-refractivity contribution in [2.45, 2.75) is 77.7 Å². The van der Waals surface area contributed by atoms with Gasteiger partial charge in [0.25, 0.3) is 0 Å². The van der Waals surface area contributed by atoms with Crippen molar-refractivity contribution >= 4 is 23.6 Å². The molecule has 1 unspecified atom stereocenters. The van der Waals surface area contributed by atoms with E-state index in [2.05, 4.69) is 24.5 Å². The second kappa shape index (κ2) is 11.7. The fourth-order valence-electron chi connectivity index (χ4n) is 5.09. The Labute approximate surface area is 191 Å². The maximum absolute atomic E-state index is 12.7. The van der Waals surface area contributed by atoms with Crippen molar-refractivity contribution in [2.75, 3.05) is 32.7 Å². The molecule has 2 aliphatic heterocycles. The predicted molar refractivity (Wildman–Crippen MR) is 121 cm³/mol. The number of nitrogens with zero attached hydrogens (tertiary/aromatic N) is 2. The SMILES string of the molecule is CC1CCN(C(=O)C(=O)NCC(NC(=O)C(=O)N2CCC(C)CC2)C2CCCCC2)CC1. The molecule has 4 amide bonds. The van der Waals surface area contributed by atoms with Gasteiger partial charge in [-0.1, -0.05) is 33.1 Å². The summed E-state index contributed by atoms with van der Waals surface area (Å²) in [5.41, 5.74) is 0. The first-order valence-electron chi connectivity index (χ1n) is 12.5. The zero-order chi connectivity index (χ0) is 23.1. The minimum absolute atomic E-state index is 0.176. The van der Waals surface area contributed by atoms with Crippen LogP contribution in [0.4, 0.5) is 0 Å². The molecule has 8 nitrogen and oxygen atoms in total. The molecule has 2 N–H and O–H groups in total. The summed E-state index contributed by atoms with van der Waals surface area (Å²) in [7, 11) is 0. The van der Waals surface area contributed by atoms with Crippen LogP contribution >= 0.6 is 0 Å². The lowest BCUT2D eigenvalue weighted by atomic mass is 9.83. The van der Waals surface area contributed by atoms with E-state index < -0.39 is 23.6 Å². The summed E-state index contributed by atoms with van der Waals surface area (Å²) >= 11 is 0. The number of carbonyl (C=O) groups is 4. The average Bonchev–Trinajstić information content (AvgIpc) is 2.82. The Kier molecular flexibility index (Phi) is 8.93. The molecule has 2 saturated heterocycles. The highest BCUT2D eigenvalue weighted by molar-refractivity contribution is 6.35. The summed E-state index contributed by atoms with van der Waals surface area (Å²) in [6.45, 7) is 6.94. The monoisotopic (exact) mass is 448 g/mol. The quantitative estimate of drug-likeness (QED) is 0.640. The first kappa shape index (κ1) is 24.5. The fraction of sp³-hybridized carbons (Fsp3) is 0.833. The smallest absolute Gasteiger partial charge is 0.311 e. The molecule has 1 aliphatic carbocycles. The van der Waals surface area contributed by atoms with Gasteiger partial charge >= 0.3 is 23.6 Å². The molecule has 0 aromatic rings. The van der Waals surface area contributed by atoms with Crippen molar-refractivity contribution in [3.63, 3.8) is 0 Å². The summed E-state index contributed by atoms with van der Waals surface area (Å²) in [6, 6.07) is -0.339. The number of nitrogens with one attached hydrogen (secondary N) is 2. The van der Waals surface area contributed by atoms with Gasteiger partial charge in [-0.15, -0.1) is 0 Å². The van der Waals surface area contributed by atoms with Crippen molar-refractivity contribution < 1.29 is 19.2 Å². The average molecular weight is 449 g/mol. The van der Waals surface area contributed by atoms with Gasteiger partial charge in [0, 0.05) is 38.8 Å². The molecule has 3 aliphatic rings. The van der Waals surface area contributed by atoms with E-state index in [9.17, 15) is 19.2 Å². The molecule has 0 radical (unpaired) electrons. The van der Waals surface area contributed by atoms with Gasteiger partial charge in [0.05, 0.1) is 0 Å². The fourth-order valence-corrected chi connectivity index (χ4v) is 5.09. The molecule has 1 atom stereocenters. The number of likely N-dealkylation sites (tertiary alicyclic amines) is 2. The Bertz CT molecular complexity index is 675. The lowest BCUT2D eigenvalue weighted by molar-refractivity contribution is -0.148. The third-order valence-electron chi connectivity index (χ3n) is 7.55. The van der Waals surface area contributed by atoms with Crippen LogP contribution in [0.3, 0.4) is 0 Å². The van der Waals surface area contributed by atoms with E-state index in [1.165, 1.54) is 6.42 Å². The largest absolute Gasteiger partial charge is 0.346 e. The Balaban J connectivity index is 1.55. The molecule has 32 heavy (non-hydrogen) atoms. The van der Waals surface area contributed by atoms with Crippen LogP contribution < -0.4 is 10.6 Å². The minimum atomic E-state index is -0.619. The van der Waals surface area contributed by atoms with E-state index in [-0.39, 0.29) is 18.5 Å². The van der Waals surface area contributed by atoms with Crippen molar-refractivity contribution in [3.8, 4) is 0 Å². The van der Waals surface area contributed by atoms with Gasteiger partial charge in [0.2, 0.25) is 0 Å². The highest BCUT2D eigenvalue weighted by atomic mass is 16.2. The normalized spacial score (nSPS) is 22.3. The van der Waals surface area contributed by atoms with Gasteiger partial charge in [0.15, 0.2) is 0 Å². The number of rotatable bonds is 4. The predicted octanol–water partition coefficient (Wildman–Crippen LogP) is 1.68. The van der Waals surface area contributed by atoms with Gasteiger partial charge < -0.3 is 20.4 Å². The van der Waals surface area contributed by atoms with Crippen LogP contribution in [-0.2, 0) is 19.2 Å². The lowest BCUT2D eigenvalue weighted by Gasteiger charge is -2.33. The van der Waals surface area contributed by atoms with Crippen LogP contribution in [0.1, 0.15) is 71.6 Å². The molecule has 2 heterocycles. The molecule has 0 aromatic carbocycles. The Morgan fingerprint density at radius 2 is 1.19 bits per heavy atom. The Morgan fingerprint density at radius 1 is 0.719 bits per heavy atom. The summed E-state index contributed by atoms with van der Waals surface area (Å²) < 4.78 is 0. The van der Waals surface area contributed by atoms with Gasteiger partial charge in [-0.25, -0.2) is 0 Å². The van der Waals surface area contributed by atoms with Crippen molar-refractivity contribution in [1.29, 1.82) is 0 Å². The topological polar surface area (TPSA) is 98.8 Å². The zero-order valence-electron chi connectivity index (χ0n) is 19.7. The number of amides is 4. The molecule has 8 heteroatoms. The van der Waals surface area contributed by atoms with E-state index in [4.69, 9.17) is 0 Å². The van der Waals surface area contributed by atoms with E-state index in [1.54, 1.807) is 9.80 Å². The molecule has 0 aromatic heterocycles. The van der Waals surface area contributed by atoms with Crippen LogP contribution in [0.5, 0.6) is 0 Å². The number of carbonyl (C=O) groups excluding carboxylic acids is 4. The Morgan fingerprint density at radius 3 is 1.69 bits per heavy atom. The molecule has 0 spiro atoms. The van der Waals surface area contributed by atoms with Crippen LogP contribution in [0.15, 0.2) is 0 Å². The van der Waals surface area contributed by atoms with E-state index >= 15 is 0 Å². The van der Waals surface area contributed by atoms with E-state index in [0.29, 0.717) is 38.0 Å². The standard InChI is InChI=1S/C24H40N4O4/c1-17-8-12-27(13-9-17)23(31)21(29)25-16-20(19-6-4-3-5-7-19)26-22(30)24(32)28-14-10-18(2)11-15-28/h17-20H,3-16H2,1-2H3,(H,25,29)(H,26,30). The van der Waals surface area contributed by atoms with Crippen LogP contribution in [0.25, 0.3) is 0 Å². The molecule has 3 rings (SSSR count). The van der Waals surface area contributed by atoms with Crippen LogP contribution in [0, 0.1) is 17.8 Å². The third-order valence-corrected chi connectivity index (χ3v) is 7.55. The molecule has 0 bridgehead atoms. The highest BCUT2D eigenvalue weighted by Crippen LogP contribution is 2.26. The van der Waals surface area contributed by atoms with Crippen molar-refractivity contribution in [3.05, 3.63) is 0 Å². The first-order valence-corrected chi connectivity index (χ1v) is 12.5. The van der Waals surface area contributed by atoms with Gasteiger partial charge in [-0.05, 0) is 56.3 Å². The first-order chi connectivity index (χ1) is 15.3. The lowest BCUT2D eigenvalue weighted by Crippen LogP contribution is -2.55. The zero-order valence-corrected chi connectivity index (χ0v) is 19.7. The molecular formula is C24H40N4O4. The summed E-state index contributed by atoms with van der Waals surface area (Å²) in [4.78, 5) is 53.7. The van der Waals surface area contributed by atoms with Gasteiger partial charge in [0.1, 0.15) is 0 Å². The minimum Gasteiger partial charge on any atom is -0.346 e. The number of hydrogen-bond acceptors (Lipinski definition) is 4. The molecular weight excluding hydrogens is 408 g/mol. The van der Waals surface area contributed by atoms with E-state index in [0.717, 1.165) is 51.4 Å². The number of piperidine rings is 2. The summed E-state index contributed by atoms with van der Waals surface area (Å²) in [6.07, 6.45) is 8.88. The highest BCUT2D eigenvalue weighted by Gasteiger charge is 2.32. The molecule has 180 valence electrons. The van der Waals surface area contributed by atoms with Crippen LogP contribution in [-0.4, -0.2) is 72.2 Å². The maximum Gasteiger partial charge on any atom is 0.311 e.